The zero-order chi connectivity index (χ0) is 22.0. The van der Waals surface area contributed by atoms with Crippen molar-refractivity contribution in [1.29, 1.82) is 0 Å². The first-order valence-electron chi connectivity index (χ1n) is 9.47. The smallest absolute Gasteiger partial charge is 0.266 e. The lowest BCUT2D eigenvalue weighted by atomic mass is 10.1. The second kappa shape index (κ2) is 9.24. The van der Waals surface area contributed by atoms with Gasteiger partial charge >= 0.3 is 0 Å². The standard InChI is InChI=1S/C23H19Cl2N3O2S/c24-15-9-14(21(29)18(25)10-15)12-27-11-13-6-7-17-19(8-13)28-20(23(26)30)22(17)31-16-4-2-1-3-5-16/h1-10,27-29H,11-12H2,(H2,26,30). The van der Waals surface area contributed by atoms with E-state index in [-0.39, 0.29) is 10.8 Å². The molecular formula is C23H19Cl2N3O2S. The molecule has 0 saturated carbocycles. The SMILES string of the molecule is NC(=O)c1[nH]c2cc(CNCc3cc(Cl)cc(Cl)c3O)ccc2c1Sc1ccccc1. The predicted octanol–water partition coefficient (Wildman–Crippen LogP) is 5.72. The number of rotatable bonds is 7. The lowest BCUT2D eigenvalue weighted by molar-refractivity contribution is 0.0993. The van der Waals surface area contributed by atoms with Crippen LogP contribution < -0.4 is 11.1 Å². The molecule has 4 aromatic rings. The molecule has 0 atom stereocenters. The van der Waals surface area contributed by atoms with Gasteiger partial charge < -0.3 is 21.1 Å². The molecule has 5 nitrogen and oxygen atoms in total. The van der Waals surface area contributed by atoms with Gasteiger partial charge in [0.05, 0.1) is 9.92 Å². The summed E-state index contributed by atoms with van der Waals surface area (Å²) in [5.74, 6) is -0.477. The number of fused-ring (bicyclic) bond motifs is 1. The number of hydrogen-bond donors (Lipinski definition) is 4. The molecule has 0 radical (unpaired) electrons. The number of aromatic hydroxyl groups is 1. The summed E-state index contributed by atoms with van der Waals surface area (Å²) in [4.78, 5) is 17.0. The van der Waals surface area contributed by atoms with E-state index >= 15 is 0 Å². The van der Waals surface area contributed by atoms with Crippen LogP contribution >= 0.6 is 35.0 Å². The van der Waals surface area contributed by atoms with Gasteiger partial charge in [-0.05, 0) is 35.9 Å². The van der Waals surface area contributed by atoms with Crippen molar-refractivity contribution in [2.45, 2.75) is 22.9 Å². The van der Waals surface area contributed by atoms with Gasteiger partial charge in [-0.1, -0.05) is 65.3 Å². The Labute approximate surface area is 193 Å². The van der Waals surface area contributed by atoms with Crippen LogP contribution in [0, 0.1) is 0 Å². The van der Waals surface area contributed by atoms with E-state index in [9.17, 15) is 9.90 Å². The van der Waals surface area contributed by atoms with Crippen LogP contribution in [0.1, 0.15) is 21.6 Å². The Bertz CT molecular complexity index is 1260. The van der Waals surface area contributed by atoms with E-state index in [2.05, 4.69) is 10.3 Å². The maximum absolute atomic E-state index is 12.0. The molecule has 31 heavy (non-hydrogen) atoms. The van der Waals surface area contributed by atoms with Gasteiger partial charge in [-0.3, -0.25) is 4.79 Å². The Morgan fingerprint density at radius 1 is 1.06 bits per heavy atom. The second-order valence-corrected chi connectivity index (χ2v) is 8.91. The van der Waals surface area contributed by atoms with Crippen molar-refractivity contribution in [1.82, 2.24) is 10.3 Å². The fourth-order valence-corrected chi connectivity index (χ4v) is 4.92. The summed E-state index contributed by atoms with van der Waals surface area (Å²) in [5.41, 5.74) is 8.47. The number of benzene rings is 3. The molecule has 8 heteroatoms. The second-order valence-electron chi connectivity index (χ2n) is 6.99. The fraction of sp³-hybridized carbons (Fsp3) is 0.0870. The Kier molecular flexibility index (Phi) is 6.43. The summed E-state index contributed by atoms with van der Waals surface area (Å²) in [6.07, 6.45) is 0. The topological polar surface area (TPSA) is 91.1 Å². The molecule has 0 aliphatic carbocycles. The maximum Gasteiger partial charge on any atom is 0.266 e. The molecule has 0 saturated heterocycles. The minimum Gasteiger partial charge on any atom is -0.506 e. The van der Waals surface area contributed by atoms with E-state index in [4.69, 9.17) is 28.9 Å². The third kappa shape index (κ3) is 4.83. The van der Waals surface area contributed by atoms with Crippen LogP contribution in [-0.2, 0) is 13.1 Å². The molecule has 0 bridgehead atoms. The summed E-state index contributed by atoms with van der Waals surface area (Å²) in [6, 6.07) is 19.0. The van der Waals surface area contributed by atoms with Gasteiger partial charge in [0.15, 0.2) is 0 Å². The number of hydrogen-bond acceptors (Lipinski definition) is 4. The van der Waals surface area contributed by atoms with Crippen molar-refractivity contribution in [2.24, 2.45) is 5.73 Å². The number of phenolic OH excluding ortho intramolecular Hbond substituents is 1. The molecule has 0 aliphatic rings. The van der Waals surface area contributed by atoms with Crippen molar-refractivity contribution in [3.63, 3.8) is 0 Å². The predicted molar refractivity (Wildman–Crippen MR) is 126 cm³/mol. The van der Waals surface area contributed by atoms with Crippen molar-refractivity contribution < 1.29 is 9.90 Å². The van der Waals surface area contributed by atoms with Crippen molar-refractivity contribution in [3.8, 4) is 5.75 Å². The Balaban J connectivity index is 1.55. The normalized spacial score (nSPS) is 11.2. The van der Waals surface area contributed by atoms with Crippen LogP contribution in [0.4, 0.5) is 0 Å². The third-order valence-electron chi connectivity index (χ3n) is 4.78. The minimum absolute atomic E-state index is 0.0204. The maximum atomic E-state index is 12.0. The highest BCUT2D eigenvalue weighted by Crippen LogP contribution is 2.37. The molecule has 1 aromatic heterocycles. The number of primary amides is 1. The van der Waals surface area contributed by atoms with Crippen LogP contribution in [0.15, 0.2) is 70.5 Å². The molecule has 0 aliphatic heterocycles. The first-order chi connectivity index (χ1) is 14.9. The number of nitrogens with two attached hydrogens (primary N) is 1. The number of carbonyl (C=O) groups excluding carboxylic acids is 1. The summed E-state index contributed by atoms with van der Waals surface area (Å²) in [5, 5.41) is 15.0. The van der Waals surface area contributed by atoms with Crippen LogP contribution in [0.3, 0.4) is 0 Å². The van der Waals surface area contributed by atoms with Gasteiger partial charge in [0.1, 0.15) is 11.4 Å². The quantitative estimate of drug-likeness (QED) is 0.277. The summed E-state index contributed by atoms with van der Waals surface area (Å²) >= 11 is 13.5. The highest BCUT2D eigenvalue weighted by Gasteiger charge is 2.17. The average Bonchev–Trinajstić information content (AvgIpc) is 3.10. The average molecular weight is 472 g/mol. The summed E-state index contributed by atoms with van der Waals surface area (Å²) < 4.78 is 0. The van der Waals surface area contributed by atoms with Crippen LogP contribution in [-0.4, -0.2) is 16.0 Å². The third-order valence-corrected chi connectivity index (χ3v) is 6.42. The number of halogens is 2. The van der Waals surface area contributed by atoms with E-state index in [0.717, 1.165) is 26.3 Å². The van der Waals surface area contributed by atoms with Crippen LogP contribution in [0.5, 0.6) is 5.75 Å². The molecule has 3 aromatic carbocycles. The molecule has 5 N–H and O–H groups in total. The molecule has 0 unspecified atom stereocenters. The monoisotopic (exact) mass is 471 g/mol. The number of aromatic nitrogens is 1. The molecule has 158 valence electrons. The number of nitrogens with one attached hydrogen (secondary N) is 2. The van der Waals surface area contributed by atoms with Gasteiger partial charge in [-0.25, -0.2) is 0 Å². The van der Waals surface area contributed by atoms with Crippen LogP contribution in [0.2, 0.25) is 10.0 Å². The highest BCUT2D eigenvalue weighted by molar-refractivity contribution is 7.99. The van der Waals surface area contributed by atoms with Crippen molar-refractivity contribution in [2.75, 3.05) is 0 Å². The van der Waals surface area contributed by atoms with Crippen molar-refractivity contribution >= 4 is 51.8 Å². The van der Waals surface area contributed by atoms with E-state index in [1.165, 1.54) is 17.8 Å². The molecule has 4 rings (SSSR count). The first kappa shape index (κ1) is 21.6. The van der Waals surface area contributed by atoms with E-state index in [1.807, 2.05) is 48.5 Å². The molecule has 1 amide bonds. The number of phenols is 1. The largest absolute Gasteiger partial charge is 0.506 e. The Hall–Kier alpha value is -2.64. The molecule has 1 heterocycles. The van der Waals surface area contributed by atoms with E-state index < -0.39 is 5.91 Å². The van der Waals surface area contributed by atoms with Gasteiger partial charge in [0.2, 0.25) is 0 Å². The first-order valence-corrected chi connectivity index (χ1v) is 11.0. The lowest BCUT2D eigenvalue weighted by Gasteiger charge is -2.09. The Morgan fingerprint density at radius 2 is 1.84 bits per heavy atom. The Morgan fingerprint density at radius 3 is 2.58 bits per heavy atom. The van der Waals surface area contributed by atoms with Gasteiger partial charge in [-0.2, -0.15) is 0 Å². The molecular weight excluding hydrogens is 453 g/mol. The van der Waals surface area contributed by atoms with Gasteiger partial charge in [0, 0.05) is 39.5 Å². The summed E-state index contributed by atoms with van der Waals surface area (Å²) in [6.45, 7) is 0.947. The molecule has 0 spiro atoms. The number of aromatic amines is 1. The zero-order valence-corrected chi connectivity index (χ0v) is 18.6. The number of H-pyrrole nitrogens is 1. The van der Waals surface area contributed by atoms with Crippen molar-refractivity contribution in [3.05, 3.63) is 87.5 Å². The van der Waals surface area contributed by atoms with Gasteiger partial charge in [-0.15, -0.1) is 0 Å². The van der Waals surface area contributed by atoms with E-state index in [1.54, 1.807) is 6.07 Å². The fourth-order valence-electron chi connectivity index (χ4n) is 3.31. The van der Waals surface area contributed by atoms with Crippen LogP contribution in [0.25, 0.3) is 10.9 Å². The highest BCUT2D eigenvalue weighted by atomic mass is 35.5. The summed E-state index contributed by atoms with van der Waals surface area (Å²) in [7, 11) is 0. The minimum atomic E-state index is -0.498. The number of carbonyl (C=O) groups is 1. The lowest BCUT2D eigenvalue weighted by Crippen LogP contribution is -2.13. The van der Waals surface area contributed by atoms with E-state index in [0.29, 0.717) is 29.4 Å². The zero-order valence-electron chi connectivity index (χ0n) is 16.3. The molecule has 0 fully saturated rings. The number of amides is 1. The van der Waals surface area contributed by atoms with Gasteiger partial charge in [0.25, 0.3) is 5.91 Å².